The van der Waals surface area contributed by atoms with Crippen LogP contribution in [-0.2, 0) is 6.54 Å². The fourth-order valence-electron chi connectivity index (χ4n) is 3.74. The first-order valence-corrected chi connectivity index (χ1v) is 9.73. The largest absolute Gasteiger partial charge is 0.316 e. The van der Waals surface area contributed by atoms with Crippen molar-refractivity contribution in [1.82, 2.24) is 19.3 Å². The Labute approximate surface area is 167 Å². The van der Waals surface area contributed by atoms with Crippen molar-refractivity contribution >= 4 is 17.2 Å². The van der Waals surface area contributed by atoms with Gasteiger partial charge < -0.3 is 15.2 Å². The summed E-state index contributed by atoms with van der Waals surface area (Å²) in [6, 6.07) is 6.95. The van der Waals surface area contributed by atoms with Crippen LogP contribution in [0.1, 0.15) is 28.8 Å². The molecule has 1 saturated heterocycles. The minimum atomic E-state index is -0.599. The van der Waals surface area contributed by atoms with Crippen molar-refractivity contribution in [2.75, 3.05) is 18.4 Å². The predicted molar refractivity (Wildman–Crippen MR) is 110 cm³/mol. The Balaban J connectivity index is 1.63. The number of rotatable bonds is 4. The van der Waals surface area contributed by atoms with E-state index in [0.717, 1.165) is 25.9 Å². The van der Waals surface area contributed by atoms with Gasteiger partial charge >= 0.3 is 0 Å². The van der Waals surface area contributed by atoms with Crippen LogP contribution in [0.25, 0.3) is 5.65 Å². The Hall–Kier alpha value is -3.26. The Morgan fingerprint density at radius 2 is 2.10 bits per heavy atom. The second-order valence-electron chi connectivity index (χ2n) is 7.40. The van der Waals surface area contributed by atoms with Crippen LogP contribution in [0.2, 0.25) is 0 Å². The zero-order valence-electron chi connectivity index (χ0n) is 16.2. The summed E-state index contributed by atoms with van der Waals surface area (Å²) in [6.07, 6.45) is 6.76. The number of fused-ring (bicyclic) bond motifs is 1. The Morgan fingerprint density at radius 1 is 1.24 bits per heavy atom. The van der Waals surface area contributed by atoms with E-state index in [0.29, 0.717) is 23.7 Å². The fraction of sp³-hybridized carbons (Fsp3) is 0.333. The van der Waals surface area contributed by atoms with Gasteiger partial charge in [-0.1, -0.05) is 6.07 Å². The van der Waals surface area contributed by atoms with Crippen LogP contribution in [0.5, 0.6) is 0 Å². The molecule has 0 saturated carbocycles. The maximum Gasteiger partial charge on any atom is 0.281 e. The number of aromatic nitrogens is 3. The van der Waals surface area contributed by atoms with Crippen molar-refractivity contribution in [3.8, 4) is 0 Å². The average molecular weight is 393 g/mol. The smallest absolute Gasteiger partial charge is 0.281 e. The normalized spacial score (nSPS) is 16.7. The van der Waals surface area contributed by atoms with E-state index in [-0.39, 0.29) is 16.8 Å². The average Bonchev–Trinajstić information content (AvgIpc) is 2.73. The van der Waals surface area contributed by atoms with Gasteiger partial charge in [0.2, 0.25) is 0 Å². The highest BCUT2D eigenvalue weighted by molar-refractivity contribution is 6.04. The van der Waals surface area contributed by atoms with Gasteiger partial charge in [-0.2, -0.15) is 0 Å². The molecule has 0 aliphatic carbocycles. The number of hydrogen-bond donors (Lipinski definition) is 2. The van der Waals surface area contributed by atoms with Crippen LogP contribution in [0.4, 0.5) is 5.69 Å². The van der Waals surface area contributed by atoms with Crippen molar-refractivity contribution in [3.63, 3.8) is 0 Å². The summed E-state index contributed by atoms with van der Waals surface area (Å²) in [7, 11) is 0. The van der Waals surface area contributed by atoms with Gasteiger partial charge in [-0.25, -0.2) is 4.98 Å². The number of hydrogen-bond acceptors (Lipinski definition) is 5. The van der Waals surface area contributed by atoms with Gasteiger partial charge in [0.05, 0.1) is 6.20 Å². The highest BCUT2D eigenvalue weighted by Gasteiger charge is 2.20. The van der Waals surface area contributed by atoms with Gasteiger partial charge in [-0.3, -0.25) is 18.8 Å². The molecule has 1 amide bonds. The lowest BCUT2D eigenvalue weighted by Crippen LogP contribution is -2.37. The van der Waals surface area contributed by atoms with E-state index in [2.05, 4.69) is 15.6 Å². The first-order chi connectivity index (χ1) is 14.0. The van der Waals surface area contributed by atoms with Crippen LogP contribution in [0, 0.1) is 12.8 Å². The number of anilines is 1. The zero-order chi connectivity index (χ0) is 20.4. The second kappa shape index (κ2) is 8.00. The number of carbonyl (C=O) groups excluding carboxylic acids is 1. The lowest BCUT2D eigenvalue weighted by molar-refractivity contribution is 0.102. The van der Waals surface area contributed by atoms with Crippen LogP contribution >= 0.6 is 0 Å². The van der Waals surface area contributed by atoms with Crippen molar-refractivity contribution in [2.24, 2.45) is 5.92 Å². The highest BCUT2D eigenvalue weighted by Crippen LogP contribution is 2.13. The third-order valence-electron chi connectivity index (χ3n) is 5.32. The lowest BCUT2D eigenvalue weighted by Gasteiger charge is -2.23. The number of nitrogens with one attached hydrogen (secondary N) is 2. The van der Waals surface area contributed by atoms with Crippen LogP contribution in [-0.4, -0.2) is 32.9 Å². The van der Waals surface area contributed by atoms with E-state index in [1.807, 2.05) is 0 Å². The lowest BCUT2D eigenvalue weighted by atomic mass is 9.99. The van der Waals surface area contributed by atoms with Crippen molar-refractivity contribution < 1.29 is 4.79 Å². The number of aryl methyl sites for hydroxylation is 1. The molecule has 8 nitrogen and oxygen atoms in total. The molecule has 29 heavy (non-hydrogen) atoms. The molecule has 8 heteroatoms. The molecular weight excluding hydrogens is 370 g/mol. The van der Waals surface area contributed by atoms with Crippen LogP contribution in [0.3, 0.4) is 0 Å². The number of pyridine rings is 2. The number of carbonyl (C=O) groups is 1. The van der Waals surface area contributed by atoms with Gasteiger partial charge in [0.1, 0.15) is 16.9 Å². The quantitative estimate of drug-likeness (QED) is 0.699. The van der Waals surface area contributed by atoms with E-state index >= 15 is 0 Å². The highest BCUT2D eigenvalue weighted by atomic mass is 16.2. The molecule has 0 radical (unpaired) electrons. The van der Waals surface area contributed by atoms with E-state index in [4.69, 9.17) is 0 Å². The van der Waals surface area contributed by atoms with Gasteiger partial charge in [0.25, 0.3) is 17.0 Å². The summed E-state index contributed by atoms with van der Waals surface area (Å²) in [5, 5.41) is 5.91. The molecule has 1 unspecified atom stereocenters. The SMILES string of the molecule is Cc1ccn(CC2CCCNC2)c(=O)c1C(=O)Nc1cnc2ccccn2c1=O. The molecule has 3 aromatic heterocycles. The number of nitrogens with zero attached hydrogens (tertiary/aromatic N) is 3. The summed E-state index contributed by atoms with van der Waals surface area (Å²) in [6.45, 7) is 4.14. The maximum absolute atomic E-state index is 13.0. The Morgan fingerprint density at radius 3 is 2.90 bits per heavy atom. The summed E-state index contributed by atoms with van der Waals surface area (Å²) in [5.41, 5.74) is 0.389. The molecule has 0 aromatic carbocycles. The predicted octanol–water partition coefficient (Wildman–Crippen LogP) is 1.42. The van der Waals surface area contributed by atoms with E-state index in [9.17, 15) is 14.4 Å². The van der Waals surface area contributed by atoms with Crippen LogP contribution < -0.4 is 21.8 Å². The van der Waals surface area contributed by atoms with E-state index < -0.39 is 11.5 Å². The third-order valence-corrected chi connectivity index (χ3v) is 5.32. The summed E-state index contributed by atoms with van der Waals surface area (Å²) in [4.78, 5) is 42.7. The molecular formula is C21H23N5O3. The fourth-order valence-corrected chi connectivity index (χ4v) is 3.74. The molecule has 0 bridgehead atoms. The first kappa shape index (κ1) is 19.1. The van der Waals surface area contributed by atoms with Gasteiger partial charge in [0.15, 0.2) is 0 Å². The van der Waals surface area contributed by atoms with E-state index in [1.165, 1.54) is 10.6 Å². The van der Waals surface area contributed by atoms with E-state index in [1.54, 1.807) is 48.1 Å². The van der Waals surface area contributed by atoms with Gasteiger partial charge in [-0.15, -0.1) is 0 Å². The minimum absolute atomic E-state index is 0.0318. The molecule has 3 aromatic rings. The molecule has 2 N–H and O–H groups in total. The first-order valence-electron chi connectivity index (χ1n) is 9.73. The zero-order valence-corrected chi connectivity index (χ0v) is 16.2. The van der Waals surface area contributed by atoms with Crippen molar-refractivity contribution in [1.29, 1.82) is 0 Å². The van der Waals surface area contributed by atoms with Gasteiger partial charge in [-0.05, 0) is 62.5 Å². The Kier molecular flexibility index (Phi) is 5.26. The summed E-state index contributed by atoms with van der Waals surface area (Å²) in [5.74, 6) is -0.243. The molecule has 150 valence electrons. The number of amides is 1. The molecule has 1 aliphatic heterocycles. The summed E-state index contributed by atoms with van der Waals surface area (Å²) < 4.78 is 2.94. The minimum Gasteiger partial charge on any atom is -0.316 e. The maximum atomic E-state index is 13.0. The van der Waals surface area contributed by atoms with Crippen molar-refractivity contribution in [3.05, 3.63) is 74.7 Å². The standard InChI is InChI=1S/C21H23N5O3/c1-14-7-10-25(13-15-5-4-8-22-11-15)21(29)18(14)19(27)24-16-12-23-17-6-2-3-9-26(17)20(16)28/h2-3,6-7,9-10,12,15,22H,4-5,8,11,13H2,1H3,(H,24,27). The summed E-state index contributed by atoms with van der Waals surface area (Å²) >= 11 is 0. The molecule has 0 spiro atoms. The monoisotopic (exact) mass is 393 g/mol. The topological polar surface area (TPSA) is 97.5 Å². The molecule has 1 fully saturated rings. The third kappa shape index (κ3) is 3.84. The second-order valence-corrected chi connectivity index (χ2v) is 7.40. The molecule has 4 heterocycles. The molecule has 1 aliphatic rings. The molecule has 4 rings (SSSR count). The number of piperidine rings is 1. The Bertz CT molecular complexity index is 1170. The van der Waals surface area contributed by atoms with Gasteiger partial charge in [0, 0.05) is 18.9 Å². The molecule has 1 atom stereocenters. The van der Waals surface area contributed by atoms with Crippen molar-refractivity contribution in [2.45, 2.75) is 26.3 Å². The van der Waals surface area contributed by atoms with Crippen LogP contribution in [0.15, 0.2) is 52.4 Å².